The lowest BCUT2D eigenvalue weighted by Gasteiger charge is -2.10. The van der Waals surface area contributed by atoms with Crippen molar-refractivity contribution in [2.75, 3.05) is 0 Å². The molecule has 0 aliphatic carbocycles. The summed E-state index contributed by atoms with van der Waals surface area (Å²) in [6.45, 7) is 2.27. The molecule has 0 atom stereocenters. The van der Waals surface area contributed by atoms with Crippen molar-refractivity contribution < 1.29 is 4.74 Å². The summed E-state index contributed by atoms with van der Waals surface area (Å²) in [7, 11) is 0. The molecule has 0 aliphatic rings. The highest BCUT2D eigenvalue weighted by Gasteiger charge is 2.09. The van der Waals surface area contributed by atoms with Crippen molar-refractivity contribution in [3.63, 3.8) is 0 Å². The van der Waals surface area contributed by atoms with Crippen LogP contribution in [0.25, 0.3) is 0 Å². The Morgan fingerprint density at radius 2 is 1.38 bits per heavy atom. The molecule has 0 N–H and O–H groups in total. The van der Waals surface area contributed by atoms with Gasteiger partial charge in [-0.25, -0.2) is 4.98 Å². The minimum atomic E-state index is 0.580. The SMILES string of the molecule is CCCCCCCCCc1ccc(Oc2nccnc2Cc2ccccc2)cc1. The van der Waals surface area contributed by atoms with Crippen LogP contribution in [0, 0.1) is 0 Å². The van der Waals surface area contributed by atoms with Crippen molar-refractivity contribution in [3.8, 4) is 11.6 Å². The van der Waals surface area contributed by atoms with Gasteiger partial charge in [0.25, 0.3) is 0 Å². The summed E-state index contributed by atoms with van der Waals surface area (Å²) in [5, 5.41) is 0. The van der Waals surface area contributed by atoms with Gasteiger partial charge in [0.1, 0.15) is 11.4 Å². The highest BCUT2D eigenvalue weighted by atomic mass is 16.5. The summed E-state index contributed by atoms with van der Waals surface area (Å²) in [5.41, 5.74) is 3.42. The van der Waals surface area contributed by atoms with Crippen molar-refractivity contribution in [1.82, 2.24) is 9.97 Å². The highest BCUT2D eigenvalue weighted by Crippen LogP contribution is 2.24. The number of hydrogen-bond acceptors (Lipinski definition) is 3. The third-order valence-electron chi connectivity index (χ3n) is 5.16. The second kappa shape index (κ2) is 12.0. The summed E-state index contributed by atoms with van der Waals surface area (Å²) in [6.07, 6.45) is 14.6. The van der Waals surface area contributed by atoms with Gasteiger partial charge in [-0.15, -0.1) is 0 Å². The van der Waals surface area contributed by atoms with E-state index in [1.807, 2.05) is 30.3 Å². The molecule has 0 spiro atoms. The van der Waals surface area contributed by atoms with Crippen molar-refractivity contribution >= 4 is 0 Å². The van der Waals surface area contributed by atoms with Gasteiger partial charge in [-0.3, -0.25) is 4.98 Å². The molecule has 3 heteroatoms. The van der Waals surface area contributed by atoms with Crippen molar-refractivity contribution in [2.45, 2.75) is 64.7 Å². The van der Waals surface area contributed by atoms with E-state index in [1.165, 1.54) is 56.1 Å². The van der Waals surface area contributed by atoms with Crippen LogP contribution >= 0.6 is 0 Å². The predicted molar refractivity (Wildman–Crippen MR) is 119 cm³/mol. The molecule has 0 fully saturated rings. The molecular formula is C26H32N2O. The number of nitrogens with zero attached hydrogens (tertiary/aromatic N) is 2. The summed E-state index contributed by atoms with van der Waals surface area (Å²) >= 11 is 0. The zero-order valence-electron chi connectivity index (χ0n) is 17.5. The maximum absolute atomic E-state index is 6.04. The molecule has 0 saturated carbocycles. The van der Waals surface area contributed by atoms with E-state index in [0.717, 1.165) is 17.9 Å². The monoisotopic (exact) mass is 388 g/mol. The van der Waals surface area contributed by atoms with Gasteiger partial charge in [0.2, 0.25) is 5.88 Å². The van der Waals surface area contributed by atoms with E-state index in [0.29, 0.717) is 12.3 Å². The topological polar surface area (TPSA) is 35.0 Å². The molecule has 1 heterocycles. The number of hydrogen-bond donors (Lipinski definition) is 0. The molecule has 2 aromatic carbocycles. The second-order valence-electron chi connectivity index (χ2n) is 7.59. The van der Waals surface area contributed by atoms with E-state index in [2.05, 4.69) is 41.2 Å². The molecule has 0 unspecified atom stereocenters. The zero-order valence-corrected chi connectivity index (χ0v) is 17.5. The molecule has 29 heavy (non-hydrogen) atoms. The molecule has 1 aromatic heterocycles. The maximum atomic E-state index is 6.04. The Kier molecular flexibility index (Phi) is 8.71. The molecule has 0 saturated heterocycles. The van der Waals surface area contributed by atoms with E-state index in [4.69, 9.17) is 4.74 Å². The first-order valence-corrected chi connectivity index (χ1v) is 11.0. The van der Waals surface area contributed by atoms with Gasteiger partial charge in [0.15, 0.2) is 0 Å². The summed E-state index contributed by atoms with van der Waals surface area (Å²) in [5.74, 6) is 1.39. The van der Waals surface area contributed by atoms with Crippen LogP contribution in [0.4, 0.5) is 0 Å². The molecular weight excluding hydrogens is 356 g/mol. The number of ether oxygens (including phenoxy) is 1. The number of unbranched alkanes of at least 4 members (excludes halogenated alkanes) is 6. The Morgan fingerprint density at radius 3 is 2.14 bits per heavy atom. The maximum Gasteiger partial charge on any atom is 0.241 e. The standard InChI is InChI=1S/C26H32N2O/c1-2-3-4-5-6-7-9-12-22-15-17-24(18-16-22)29-26-25(27-19-20-28-26)21-23-13-10-8-11-14-23/h8,10-11,13-20H,2-7,9,12,21H2,1H3. The van der Waals surface area contributed by atoms with E-state index in [9.17, 15) is 0 Å². The average Bonchev–Trinajstić information content (AvgIpc) is 2.76. The lowest BCUT2D eigenvalue weighted by atomic mass is 10.0. The number of benzene rings is 2. The summed E-state index contributed by atoms with van der Waals surface area (Å²) < 4.78 is 6.04. The first kappa shape index (κ1) is 21.0. The third kappa shape index (κ3) is 7.34. The summed E-state index contributed by atoms with van der Waals surface area (Å²) in [4.78, 5) is 8.88. The van der Waals surface area contributed by atoms with Gasteiger partial charge in [-0.1, -0.05) is 87.9 Å². The first-order valence-electron chi connectivity index (χ1n) is 11.0. The Morgan fingerprint density at radius 1 is 0.690 bits per heavy atom. The number of rotatable bonds is 12. The van der Waals surface area contributed by atoms with Crippen LogP contribution in [0.15, 0.2) is 67.0 Å². The van der Waals surface area contributed by atoms with Crippen LogP contribution in [0.1, 0.15) is 68.7 Å². The lowest BCUT2D eigenvalue weighted by molar-refractivity contribution is 0.453. The molecule has 3 aromatic rings. The van der Waals surface area contributed by atoms with Crippen LogP contribution in [0.3, 0.4) is 0 Å². The fourth-order valence-corrected chi connectivity index (χ4v) is 3.47. The molecule has 3 rings (SSSR count). The largest absolute Gasteiger partial charge is 0.437 e. The molecule has 0 aliphatic heterocycles. The first-order chi connectivity index (χ1) is 14.3. The van der Waals surface area contributed by atoms with E-state index in [-0.39, 0.29) is 0 Å². The minimum Gasteiger partial charge on any atom is -0.437 e. The van der Waals surface area contributed by atoms with Crippen LogP contribution in [0.5, 0.6) is 11.6 Å². The summed E-state index contributed by atoms with van der Waals surface area (Å²) in [6, 6.07) is 18.7. The smallest absolute Gasteiger partial charge is 0.241 e. The molecule has 152 valence electrons. The normalized spacial score (nSPS) is 10.8. The van der Waals surface area contributed by atoms with E-state index in [1.54, 1.807) is 12.4 Å². The number of aryl methyl sites for hydroxylation is 1. The molecule has 3 nitrogen and oxygen atoms in total. The van der Waals surface area contributed by atoms with Crippen molar-refractivity contribution in [1.29, 1.82) is 0 Å². The van der Waals surface area contributed by atoms with Gasteiger partial charge >= 0.3 is 0 Å². The Balaban J connectivity index is 1.50. The average molecular weight is 389 g/mol. The van der Waals surface area contributed by atoms with Crippen LogP contribution in [-0.4, -0.2) is 9.97 Å². The van der Waals surface area contributed by atoms with Crippen LogP contribution in [-0.2, 0) is 12.8 Å². The van der Waals surface area contributed by atoms with E-state index < -0.39 is 0 Å². The van der Waals surface area contributed by atoms with Gasteiger partial charge in [-0.2, -0.15) is 0 Å². The zero-order chi connectivity index (χ0) is 20.2. The second-order valence-corrected chi connectivity index (χ2v) is 7.59. The van der Waals surface area contributed by atoms with Gasteiger partial charge in [-0.05, 0) is 36.1 Å². The minimum absolute atomic E-state index is 0.580. The lowest BCUT2D eigenvalue weighted by Crippen LogP contribution is -1.99. The molecule has 0 bridgehead atoms. The fourth-order valence-electron chi connectivity index (χ4n) is 3.47. The van der Waals surface area contributed by atoms with Gasteiger partial charge in [0.05, 0.1) is 0 Å². The molecule has 0 radical (unpaired) electrons. The quantitative estimate of drug-likeness (QED) is 0.309. The van der Waals surface area contributed by atoms with Gasteiger partial charge < -0.3 is 4.74 Å². The Bertz CT molecular complexity index is 831. The van der Waals surface area contributed by atoms with Crippen molar-refractivity contribution in [2.24, 2.45) is 0 Å². The van der Waals surface area contributed by atoms with E-state index >= 15 is 0 Å². The Hall–Kier alpha value is -2.68. The van der Waals surface area contributed by atoms with Crippen LogP contribution < -0.4 is 4.74 Å². The Labute approximate surface area is 175 Å². The predicted octanol–water partition coefficient (Wildman–Crippen LogP) is 7.15. The van der Waals surface area contributed by atoms with Crippen molar-refractivity contribution in [3.05, 3.63) is 83.8 Å². The third-order valence-corrected chi connectivity index (χ3v) is 5.16. The van der Waals surface area contributed by atoms with Crippen LogP contribution in [0.2, 0.25) is 0 Å². The highest BCUT2D eigenvalue weighted by molar-refractivity contribution is 5.33. The number of aromatic nitrogens is 2. The van der Waals surface area contributed by atoms with Gasteiger partial charge in [0, 0.05) is 18.8 Å². The molecule has 0 amide bonds. The fraction of sp³-hybridized carbons (Fsp3) is 0.385.